The third-order valence-corrected chi connectivity index (χ3v) is 4.39. The lowest BCUT2D eigenvalue weighted by Crippen LogP contribution is -2.33. The van der Waals surface area contributed by atoms with Crippen LogP contribution in [-0.2, 0) is 0 Å². The maximum Gasteiger partial charge on any atom is 0.174 e. The zero-order valence-electron chi connectivity index (χ0n) is 9.26. The summed E-state index contributed by atoms with van der Waals surface area (Å²) in [4.78, 5) is 3.85. The predicted molar refractivity (Wildman–Crippen MR) is 64.4 cm³/mol. The van der Waals surface area contributed by atoms with Gasteiger partial charge in [-0.1, -0.05) is 0 Å². The highest BCUT2D eigenvalue weighted by molar-refractivity contribution is 8.00. The van der Waals surface area contributed by atoms with Crippen LogP contribution in [-0.4, -0.2) is 48.9 Å². The molecule has 0 bridgehead atoms. The normalized spacial score (nSPS) is 30.9. The molecule has 1 fully saturated rings. The van der Waals surface area contributed by atoms with Crippen LogP contribution >= 0.6 is 11.8 Å². The molecule has 0 unspecified atom stereocenters. The van der Waals surface area contributed by atoms with Crippen LogP contribution in [0.5, 0.6) is 0 Å². The molecule has 7 heteroatoms. The van der Waals surface area contributed by atoms with Gasteiger partial charge in [0.15, 0.2) is 5.69 Å². The van der Waals surface area contributed by atoms with Crippen molar-refractivity contribution >= 4 is 11.8 Å². The highest BCUT2D eigenvalue weighted by Gasteiger charge is 2.43. The van der Waals surface area contributed by atoms with Gasteiger partial charge in [0.05, 0.1) is 24.3 Å². The van der Waals surface area contributed by atoms with Gasteiger partial charge < -0.3 is 19.9 Å². The minimum atomic E-state index is -1.07. The number of imidazole rings is 1. The van der Waals surface area contributed by atoms with Gasteiger partial charge in [-0.2, -0.15) is 5.26 Å². The van der Waals surface area contributed by atoms with Gasteiger partial charge in [0.1, 0.15) is 23.2 Å². The fourth-order valence-corrected chi connectivity index (χ4v) is 3.27. The van der Waals surface area contributed by atoms with Crippen molar-refractivity contribution in [2.75, 3.05) is 6.61 Å². The van der Waals surface area contributed by atoms with Gasteiger partial charge >= 0.3 is 0 Å². The topological polar surface area (TPSA) is 102 Å². The molecule has 4 atom stereocenters. The SMILES string of the molecule is C#Cc1c(C#N)ncn1[C@@H]1S[C@H](CO)[C@@H](O)[C@H]1O. The number of aromatic nitrogens is 2. The van der Waals surface area contributed by atoms with Gasteiger partial charge in [-0.25, -0.2) is 4.98 Å². The van der Waals surface area contributed by atoms with E-state index in [1.807, 2.05) is 6.07 Å². The van der Waals surface area contributed by atoms with Gasteiger partial charge in [0, 0.05) is 0 Å². The molecule has 94 valence electrons. The molecule has 0 radical (unpaired) electrons. The van der Waals surface area contributed by atoms with Crippen LogP contribution in [0.15, 0.2) is 6.33 Å². The quantitative estimate of drug-likeness (QED) is 0.597. The number of terminal acetylenes is 1. The summed E-state index contributed by atoms with van der Waals surface area (Å²) >= 11 is 1.20. The number of rotatable bonds is 2. The molecule has 1 aromatic rings. The number of hydrogen-bond acceptors (Lipinski definition) is 6. The minimum absolute atomic E-state index is 0.104. The van der Waals surface area contributed by atoms with E-state index in [1.54, 1.807) is 0 Å². The van der Waals surface area contributed by atoms with Crippen LogP contribution in [0.3, 0.4) is 0 Å². The summed E-state index contributed by atoms with van der Waals surface area (Å²) in [5.74, 6) is 2.35. The minimum Gasteiger partial charge on any atom is -0.395 e. The second-order valence-corrected chi connectivity index (χ2v) is 5.19. The number of thioether (sulfide) groups is 1. The number of aliphatic hydroxyl groups is 3. The first-order valence-electron chi connectivity index (χ1n) is 5.20. The summed E-state index contributed by atoms with van der Waals surface area (Å²) in [6.45, 7) is -0.245. The summed E-state index contributed by atoms with van der Waals surface area (Å²) in [5, 5.41) is 36.6. The van der Waals surface area contributed by atoms with Crippen LogP contribution in [0, 0.1) is 23.7 Å². The van der Waals surface area contributed by atoms with Crippen molar-refractivity contribution in [2.45, 2.75) is 22.8 Å². The molecule has 1 aliphatic rings. The Kier molecular flexibility index (Phi) is 3.60. The first-order chi connectivity index (χ1) is 8.63. The summed E-state index contributed by atoms with van der Waals surface area (Å²) in [5.41, 5.74) is 0.368. The largest absolute Gasteiger partial charge is 0.395 e. The summed E-state index contributed by atoms with van der Waals surface area (Å²) in [6, 6.07) is 1.86. The Morgan fingerprint density at radius 3 is 2.72 bits per heavy atom. The molecule has 2 rings (SSSR count). The standard InChI is InChI=1S/C11H11N3O3S/c1-2-7-6(3-12)13-5-14(7)11-10(17)9(16)8(4-15)18-11/h1,5,8-11,15-17H,4H2/t8-,9-,10-,11-/m1/s1. The van der Waals surface area contributed by atoms with Crippen LogP contribution in [0.1, 0.15) is 16.8 Å². The Bertz CT molecular complexity index is 531. The Morgan fingerprint density at radius 2 is 2.22 bits per heavy atom. The van der Waals surface area contributed by atoms with E-state index >= 15 is 0 Å². The van der Waals surface area contributed by atoms with E-state index in [-0.39, 0.29) is 18.0 Å². The van der Waals surface area contributed by atoms with E-state index in [4.69, 9.17) is 16.8 Å². The van der Waals surface area contributed by atoms with E-state index < -0.39 is 22.8 Å². The van der Waals surface area contributed by atoms with Crippen molar-refractivity contribution in [3.8, 4) is 18.4 Å². The van der Waals surface area contributed by atoms with Gasteiger partial charge in [-0.3, -0.25) is 0 Å². The molecule has 0 aromatic carbocycles. The number of aliphatic hydroxyl groups excluding tert-OH is 3. The maximum atomic E-state index is 9.93. The summed E-state index contributed by atoms with van der Waals surface area (Å²) in [6.07, 6.45) is 4.58. The van der Waals surface area contributed by atoms with Gasteiger partial charge in [0.2, 0.25) is 0 Å². The predicted octanol–water partition coefficient (Wildman–Crippen LogP) is -0.936. The maximum absolute atomic E-state index is 9.93. The molecule has 1 aliphatic heterocycles. The summed E-state index contributed by atoms with van der Waals surface area (Å²) < 4.78 is 1.48. The fourth-order valence-electron chi connectivity index (χ4n) is 1.89. The van der Waals surface area contributed by atoms with Crippen LogP contribution in [0.25, 0.3) is 0 Å². The lowest BCUT2D eigenvalue weighted by atomic mass is 10.1. The average Bonchev–Trinajstić information content (AvgIpc) is 2.92. The van der Waals surface area contributed by atoms with Crippen molar-refractivity contribution in [1.29, 1.82) is 5.26 Å². The molecule has 1 aromatic heterocycles. The highest BCUT2D eigenvalue weighted by Crippen LogP contribution is 2.42. The third-order valence-electron chi connectivity index (χ3n) is 2.83. The van der Waals surface area contributed by atoms with E-state index in [1.165, 1.54) is 22.7 Å². The molecule has 6 nitrogen and oxygen atoms in total. The van der Waals surface area contributed by atoms with Gasteiger partial charge in [-0.15, -0.1) is 18.2 Å². The van der Waals surface area contributed by atoms with Crippen molar-refractivity contribution in [3.63, 3.8) is 0 Å². The number of nitriles is 1. The van der Waals surface area contributed by atoms with E-state index in [0.717, 1.165) is 0 Å². The van der Waals surface area contributed by atoms with Crippen LogP contribution in [0.4, 0.5) is 0 Å². The Hall–Kier alpha value is -1.51. The van der Waals surface area contributed by atoms with Crippen molar-refractivity contribution in [1.82, 2.24) is 9.55 Å². The molecule has 0 spiro atoms. The molecule has 3 N–H and O–H groups in total. The lowest BCUT2D eigenvalue weighted by molar-refractivity contribution is 0.0107. The van der Waals surface area contributed by atoms with Gasteiger partial charge in [-0.05, 0) is 5.92 Å². The highest BCUT2D eigenvalue weighted by atomic mass is 32.2. The number of nitrogens with zero attached hydrogens (tertiary/aromatic N) is 3. The van der Waals surface area contributed by atoms with Crippen LogP contribution < -0.4 is 0 Å². The second kappa shape index (κ2) is 5.01. The molecule has 0 amide bonds. The van der Waals surface area contributed by atoms with E-state index in [0.29, 0.717) is 0 Å². The molecule has 1 saturated heterocycles. The zero-order chi connectivity index (χ0) is 13.3. The molecule has 0 aliphatic carbocycles. The smallest absolute Gasteiger partial charge is 0.174 e. The van der Waals surface area contributed by atoms with Crippen molar-refractivity contribution in [2.24, 2.45) is 0 Å². The molecular formula is C11H11N3O3S. The Morgan fingerprint density at radius 1 is 1.50 bits per heavy atom. The fraction of sp³-hybridized carbons (Fsp3) is 0.455. The van der Waals surface area contributed by atoms with Gasteiger partial charge in [0.25, 0.3) is 0 Å². The molecule has 18 heavy (non-hydrogen) atoms. The van der Waals surface area contributed by atoms with Crippen LogP contribution in [0.2, 0.25) is 0 Å². The third kappa shape index (κ3) is 1.88. The molecule has 2 heterocycles. The van der Waals surface area contributed by atoms with E-state index in [9.17, 15) is 10.2 Å². The zero-order valence-corrected chi connectivity index (χ0v) is 10.1. The van der Waals surface area contributed by atoms with E-state index in [2.05, 4.69) is 10.9 Å². The first kappa shape index (κ1) is 12.9. The first-order valence-corrected chi connectivity index (χ1v) is 6.14. The summed E-state index contributed by atoms with van der Waals surface area (Å²) in [7, 11) is 0. The Balaban J connectivity index is 2.37. The second-order valence-electron chi connectivity index (χ2n) is 3.83. The lowest BCUT2D eigenvalue weighted by Gasteiger charge is -2.17. The monoisotopic (exact) mass is 265 g/mol. The average molecular weight is 265 g/mol. The molecular weight excluding hydrogens is 254 g/mol. The number of hydrogen-bond donors (Lipinski definition) is 3. The van der Waals surface area contributed by atoms with Crippen molar-refractivity contribution in [3.05, 3.63) is 17.7 Å². The Labute approximate surface area is 108 Å². The van der Waals surface area contributed by atoms with Crippen molar-refractivity contribution < 1.29 is 15.3 Å². The molecule has 0 saturated carbocycles.